The zero-order valence-electron chi connectivity index (χ0n) is 26.9. The molecule has 13 nitrogen and oxygen atoms in total. The van der Waals surface area contributed by atoms with E-state index in [4.69, 9.17) is 0 Å². The first kappa shape index (κ1) is 34.6. The van der Waals surface area contributed by atoms with Gasteiger partial charge in [0, 0.05) is 44.0 Å². The summed E-state index contributed by atoms with van der Waals surface area (Å²) < 4.78 is 41.1. The minimum absolute atomic E-state index is 0.0192. The number of pyridine rings is 1. The Morgan fingerprint density at radius 3 is 2.49 bits per heavy atom. The van der Waals surface area contributed by atoms with Gasteiger partial charge in [-0.05, 0) is 57.0 Å². The number of halogens is 3. The van der Waals surface area contributed by atoms with Crippen LogP contribution in [-0.2, 0) is 37.9 Å². The van der Waals surface area contributed by atoms with Crippen molar-refractivity contribution in [1.82, 2.24) is 24.6 Å². The molecule has 2 aromatic heterocycles. The first-order valence-corrected chi connectivity index (χ1v) is 15.1. The van der Waals surface area contributed by atoms with Gasteiger partial charge in [-0.1, -0.05) is 17.9 Å². The van der Waals surface area contributed by atoms with Gasteiger partial charge in [-0.15, -0.1) is 0 Å². The molecule has 2 fully saturated rings. The Kier molecular flexibility index (Phi) is 9.22. The highest BCUT2D eigenvalue weighted by molar-refractivity contribution is 6.08. The number of nitrogens with one attached hydrogen (secondary N) is 2. The van der Waals surface area contributed by atoms with Gasteiger partial charge in [0.1, 0.15) is 23.0 Å². The first-order chi connectivity index (χ1) is 23.0. The molecule has 5 rings (SSSR count). The Hall–Kier alpha value is -5.72. The number of aryl methyl sites for hydroxylation is 1. The monoisotopic (exact) mass is 679 g/mol. The number of alkyl halides is 3. The third-order valence-electron chi connectivity index (χ3n) is 8.57. The number of imide groups is 2. The van der Waals surface area contributed by atoms with Gasteiger partial charge in [-0.25, -0.2) is 0 Å². The van der Waals surface area contributed by atoms with E-state index in [0.29, 0.717) is 35.2 Å². The van der Waals surface area contributed by atoms with Crippen LogP contribution in [0.5, 0.6) is 0 Å². The van der Waals surface area contributed by atoms with Crippen LogP contribution in [-0.4, -0.2) is 68.4 Å². The topological polar surface area (TPSA) is 156 Å². The van der Waals surface area contributed by atoms with Gasteiger partial charge in [0.25, 0.3) is 17.4 Å². The summed E-state index contributed by atoms with van der Waals surface area (Å²) in [5.41, 5.74) is -1.70. The Balaban J connectivity index is 1.22. The van der Waals surface area contributed by atoms with Gasteiger partial charge in [-0.3, -0.25) is 43.7 Å². The summed E-state index contributed by atoms with van der Waals surface area (Å²) in [6.45, 7) is 5.86. The van der Waals surface area contributed by atoms with Crippen molar-refractivity contribution in [2.75, 3.05) is 23.3 Å². The van der Waals surface area contributed by atoms with Crippen molar-refractivity contribution in [1.29, 1.82) is 0 Å². The highest BCUT2D eigenvalue weighted by atomic mass is 19.4. The quantitative estimate of drug-likeness (QED) is 0.219. The normalized spacial score (nSPS) is 16.6. The number of rotatable bonds is 7. The number of carbonyl (C=O) groups excluding carboxylic acids is 5. The molecule has 2 N–H and O–H groups in total. The number of nitrogens with zero attached hydrogens (tertiary/aromatic N) is 5. The fraction of sp³-hybridized carbons (Fsp3) is 0.364. The fourth-order valence-electron chi connectivity index (χ4n) is 5.44. The van der Waals surface area contributed by atoms with Crippen molar-refractivity contribution in [3.63, 3.8) is 0 Å². The number of hydrogen-bond donors (Lipinski definition) is 2. The van der Waals surface area contributed by atoms with Crippen LogP contribution in [0.3, 0.4) is 0 Å². The van der Waals surface area contributed by atoms with Crippen molar-refractivity contribution in [3.05, 3.63) is 75.5 Å². The molecule has 16 heteroatoms. The number of amides is 5. The molecule has 1 atom stereocenters. The SMILES string of the molecule is Cc1ccc(N2CC(C#Cc3cnn(C(C)(C)C(=O)Nc4ccc(C(F)(F)F)n(C)c4=O)c3)C2)cc1C(=O)N(C=O)C1CCC(=O)NC1=O. The van der Waals surface area contributed by atoms with E-state index in [2.05, 4.69) is 27.6 Å². The minimum atomic E-state index is -4.73. The molecule has 2 aliphatic rings. The van der Waals surface area contributed by atoms with E-state index >= 15 is 0 Å². The van der Waals surface area contributed by atoms with Crippen LogP contribution in [0.1, 0.15) is 53.9 Å². The summed E-state index contributed by atoms with van der Waals surface area (Å²) in [5, 5.41) is 8.78. The molecule has 0 spiro atoms. The van der Waals surface area contributed by atoms with E-state index in [1.165, 1.54) is 24.7 Å². The van der Waals surface area contributed by atoms with Crippen LogP contribution < -0.4 is 21.1 Å². The Labute approximate surface area is 278 Å². The smallest absolute Gasteiger partial charge is 0.369 e. The number of hydrogen-bond acceptors (Lipinski definition) is 8. The van der Waals surface area contributed by atoms with Crippen LogP contribution in [0.2, 0.25) is 0 Å². The Bertz CT molecular complexity index is 1980. The summed E-state index contributed by atoms with van der Waals surface area (Å²) >= 11 is 0. The molecule has 256 valence electrons. The predicted molar refractivity (Wildman–Crippen MR) is 169 cm³/mol. The second-order valence-electron chi connectivity index (χ2n) is 12.3. The van der Waals surface area contributed by atoms with Gasteiger partial charge in [0.05, 0.1) is 17.7 Å². The molecular formula is C33H32F3N7O6. The van der Waals surface area contributed by atoms with Gasteiger partial charge in [-0.2, -0.15) is 18.3 Å². The molecule has 0 saturated carbocycles. The summed E-state index contributed by atoms with van der Waals surface area (Å²) in [7, 11) is 0.972. The number of carbonyl (C=O) groups is 5. The fourth-order valence-corrected chi connectivity index (χ4v) is 5.44. The molecule has 3 aromatic rings. The molecule has 1 unspecified atom stereocenters. The second kappa shape index (κ2) is 13.1. The highest BCUT2D eigenvalue weighted by Crippen LogP contribution is 2.29. The van der Waals surface area contributed by atoms with E-state index in [1.807, 2.05) is 11.0 Å². The van der Waals surface area contributed by atoms with E-state index in [0.717, 1.165) is 29.8 Å². The van der Waals surface area contributed by atoms with Crippen molar-refractivity contribution in [3.8, 4) is 11.8 Å². The highest BCUT2D eigenvalue weighted by Gasteiger charge is 2.37. The lowest BCUT2D eigenvalue weighted by Crippen LogP contribution is -2.54. The van der Waals surface area contributed by atoms with Crippen molar-refractivity contribution >= 4 is 41.4 Å². The van der Waals surface area contributed by atoms with E-state index in [1.54, 1.807) is 25.3 Å². The summed E-state index contributed by atoms with van der Waals surface area (Å²) in [6, 6.07) is 5.79. The minimum Gasteiger partial charge on any atom is -0.369 e. The van der Waals surface area contributed by atoms with Gasteiger partial charge in [0.15, 0.2) is 0 Å². The maximum atomic E-state index is 13.3. The van der Waals surface area contributed by atoms with Gasteiger partial charge < -0.3 is 14.8 Å². The number of anilines is 2. The molecule has 0 aliphatic carbocycles. The maximum Gasteiger partial charge on any atom is 0.431 e. The lowest BCUT2D eigenvalue weighted by molar-refractivity contribution is -0.143. The molecule has 2 saturated heterocycles. The predicted octanol–water partition coefficient (Wildman–Crippen LogP) is 2.17. The molecule has 2 aliphatic heterocycles. The van der Waals surface area contributed by atoms with E-state index in [9.17, 15) is 41.9 Å². The lowest BCUT2D eigenvalue weighted by atomic mass is 9.97. The third kappa shape index (κ3) is 6.96. The molecule has 0 radical (unpaired) electrons. The van der Waals surface area contributed by atoms with Crippen molar-refractivity contribution in [2.24, 2.45) is 13.0 Å². The second-order valence-corrected chi connectivity index (χ2v) is 12.3. The third-order valence-corrected chi connectivity index (χ3v) is 8.57. The van der Waals surface area contributed by atoms with E-state index < -0.39 is 52.6 Å². The molecule has 49 heavy (non-hydrogen) atoms. The summed E-state index contributed by atoms with van der Waals surface area (Å²) in [6.07, 6.45) is -1.34. The van der Waals surface area contributed by atoms with E-state index in [-0.39, 0.29) is 30.0 Å². The number of aromatic nitrogens is 3. The average Bonchev–Trinajstić information content (AvgIpc) is 3.50. The van der Waals surface area contributed by atoms with Gasteiger partial charge >= 0.3 is 6.18 Å². The lowest BCUT2D eigenvalue weighted by Gasteiger charge is -2.38. The van der Waals surface area contributed by atoms with Crippen LogP contribution in [0.4, 0.5) is 24.5 Å². The largest absolute Gasteiger partial charge is 0.431 e. The number of benzene rings is 1. The first-order valence-electron chi connectivity index (χ1n) is 15.1. The van der Waals surface area contributed by atoms with Crippen LogP contribution in [0, 0.1) is 24.7 Å². The molecule has 0 bridgehead atoms. The maximum absolute atomic E-state index is 13.3. The zero-order valence-corrected chi connectivity index (χ0v) is 26.9. The molecule has 4 heterocycles. The Morgan fingerprint density at radius 1 is 1.12 bits per heavy atom. The zero-order chi connectivity index (χ0) is 35.8. The van der Waals surface area contributed by atoms with Crippen LogP contribution in [0.25, 0.3) is 0 Å². The average molecular weight is 680 g/mol. The summed E-state index contributed by atoms with van der Waals surface area (Å²) in [5.74, 6) is 3.67. The van der Waals surface area contributed by atoms with Crippen molar-refractivity contribution in [2.45, 2.75) is 51.4 Å². The Morgan fingerprint density at radius 2 is 1.84 bits per heavy atom. The molecule has 1 aromatic carbocycles. The standard InChI is InChI=1S/C33H32F3N7O6/c1-19-5-8-22(13-23(19)29(47)42(18-44)25-10-12-27(45)39-28(25)46)41-15-21(16-41)7-6-20-14-37-43(17-20)32(2,3)31(49)38-24-9-11-26(33(34,35)36)40(4)30(24)48/h5,8-9,11,13-14,17-18,21,25H,10,12,15-16H2,1-4H3,(H,38,49)(H,39,45,46). The van der Waals surface area contributed by atoms with Crippen LogP contribution in [0.15, 0.2) is 47.5 Å². The number of piperidine rings is 1. The molecular weight excluding hydrogens is 647 g/mol. The van der Waals surface area contributed by atoms with Gasteiger partial charge in [0.2, 0.25) is 18.2 Å². The molecule has 5 amide bonds. The van der Waals surface area contributed by atoms with Crippen molar-refractivity contribution < 1.29 is 37.1 Å². The summed E-state index contributed by atoms with van der Waals surface area (Å²) in [4.78, 5) is 77.3. The van der Waals surface area contributed by atoms with Crippen LogP contribution >= 0.6 is 0 Å².